The van der Waals surface area contributed by atoms with Gasteiger partial charge in [0.2, 0.25) is 5.82 Å². The molecule has 8 nitrogen and oxygen atoms in total. The Morgan fingerprint density at radius 1 is 1.00 bits per heavy atom. The summed E-state index contributed by atoms with van der Waals surface area (Å²) >= 11 is 0. The van der Waals surface area contributed by atoms with Gasteiger partial charge in [-0.3, -0.25) is 9.79 Å². The Labute approximate surface area is 172 Å². The molecule has 0 bridgehead atoms. The molecule has 0 aliphatic carbocycles. The van der Waals surface area contributed by atoms with Crippen molar-refractivity contribution < 1.29 is 4.79 Å². The zero-order valence-corrected chi connectivity index (χ0v) is 16.4. The van der Waals surface area contributed by atoms with Crippen molar-refractivity contribution in [2.75, 3.05) is 25.5 Å². The van der Waals surface area contributed by atoms with Gasteiger partial charge in [0, 0.05) is 24.8 Å². The summed E-state index contributed by atoms with van der Waals surface area (Å²) < 4.78 is 1.44. The van der Waals surface area contributed by atoms with Gasteiger partial charge in [0.1, 0.15) is 5.84 Å². The fourth-order valence-corrected chi connectivity index (χ4v) is 3.54. The number of hydrogen-bond acceptors (Lipinski definition) is 6. The van der Waals surface area contributed by atoms with Crippen LogP contribution in [0.15, 0.2) is 71.7 Å². The molecule has 1 N–H and O–H groups in total. The molecule has 1 aliphatic heterocycles. The third-order valence-corrected chi connectivity index (χ3v) is 5.11. The molecule has 0 saturated heterocycles. The summed E-state index contributed by atoms with van der Waals surface area (Å²) in [5.41, 5.74) is 2.41. The lowest BCUT2D eigenvalue weighted by Gasteiger charge is -2.14. The number of carbonyl (C=O) groups excluding carboxylic acids is 1. The van der Waals surface area contributed by atoms with Gasteiger partial charge in [-0.1, -0.05) is 30.3 Å². The average molecular weight is 397 g/mol. The lowest BCUT2D eigenvalue weighted by molar-refractivity contribution is 0.101. The quantitative estimate of drug-likeness (QED) is 0.572. The van der Waals surface area contributed by atoms with Crippen molar-refractivity contribution >= 4 is 28.2 Å². The summed E-state index contributed by atoms with van der Waals surface area (Å²) in [5, 5.41) is 16.6. The molecule has 1 aliphatic rings. The number of nitrogens with one attached hydrogen (secondary N) is 1. The van der Waals surface area contributed by atoms with Crippen molar-refractivity contribution in [1.29, 1.82) is 0 Å². The zero-order valence-electron chi connectivity index (χ0n) is 16.4. The van der Waals surface area contributed by atoms with Crippen LogP contribution < -0.4 is 5.32 Å². The first-order valence-electron chi connectivity index (χ1n) is 9.64. The summed E-state index contributed by atoms with van der Waals surface area (Å²) in [5.74, 6) is 0.707. The highest BCUT2D eigenvalue weighted by Gasteiger charge is 2.18. The first kappa shape index (κ1) is 18.0. The van der Waals surface area contributed by atoms with Crippen molar-refractivity contribution in [2.24, 2.45) is 4.99 Å². The van der Waals surface area contributed by atoms with E-state index in [2.05, 4.69) is 30.7 Å². The number of nitrogens with zero attached hydrogens (tertiary/aromatic N) is 6. The minimum atomic E-state index is -0.378. The van der Waals surface area contributed by atoms with Crippen LogP contribution in [0.4, 0.5) is 5.69 Å². The molecule has 0 atom stereocenters. The van der Waals surface area contributed by atoms with E-state index in [4.69, 9.17) is 0 Å². The molecule has 3 aromatic carbocycles. The highest BCUT2D eigenvalue weighted by atomic mass is 16.2. The van der Waals surface area contributed by atoms with Gasteiger partial charge in [-0.05, 0) is 57.6 Å². The van der Waals surface area contributed by atoms with Gasteiger partial charge in [0.15, 0.2) is 0 Å². The minimum absolute atomic E-state index is 0.120. The molecule has 4 aromatic rings. The van der Waals surface area contributed by atoms with E-state index in [0.29, 0.717) is 5.69 Å². The predicted molar refractivity (Wildman–Crippen MR) is 115 cm³/mol. The van der Waals surface area contributed by atoms with Gasteiger partial charge >= 0.3 is 0 Å². The Morgan fingerprint density at radius 2 is 1.80 bits per heavy atom. The van der Waals surface area contributed by atoms with Crippen molar-refractivity contribution in [1.82, 2.24) is 25.1 Å². The summed E-state index contributed by atoms with van der Waals surface area (Å²) in [7, 11) is 2.02. The fraction of sp³-hybridized carbons (Fsp3) is 0.136. The largest absolute Gasteiger partial charge is 0.358 e. The van der Waals surface area contributed by atoms with Crippen LogP contribution in [-0.2, 0) is 0 Å². The first-order chi connectivity index (χ1) is 14.7. The summed E-state index contributed by atoms with van der Waals surface area (Å²) in [6, 6.07) is 21.4. The number of aromatic nitrogens is 4. The number of amidine groups is 1. The Kier molecular flexibility index (Phi) is 4.44. The van der Waals surface area contributed by atoms with Gasteiger partial charge in [0.05, 0.1) is 12.2 Å². The highest BCUT2D eigenvalue weighted by molar-refractivity contribution is 6.03. The molecule has 0 unspecified atom stereocenters. The second kappa shape index (κ2) is 7.40. The number of tetrazole rings is 1. The number of benzene rings is 3. The molecule has 0 saturated carbocycles. The van der Waals surface area contributed by atoms with Crippen LogP contribution in [0.3, 0.4) is 0 Å². The third-order valence-electron chi connectivity index (χ3n) is 5.11. The van der Waals surface area contributed by atoms with E-state index >= 15 is 0 Å². The molecule has 2 heterocycles. The van der Waals surface area contributed by atoms with E-state index in [1.165, 1.54) is 4.68 Å². The van der Waals surface area contributed by atoms with Gasteiger partial charge in [-0.25, -0.2) is 0 Å². The number of aliphatic imine (C=N–C) groups is 1. The summed E-state index contributed by atoms with van der Waals surface area (Å²) in [6.45, 7) is 1.73. The number of fused-ring (bicyclic) bond motifs is 1. The molecule has 0 spiro atoms. The van der Waals surface area contributed by atoms with Crippen LogP contribution in [0.25, 0.3) is 16.5 Å². The normalized spacial score (nSPS) is 13.5. The number of hydrogen-bond donors (Lipinski definition) is 1. The van der Waals surface area contributed by atoms with E-state index in [1.807, 2.05) is 73.8 Å². The number of likely N-dealkylation sites (N-methyl/N-ethyl adjacent to an activating group) is 1. The average Bonchev–Trinajstić information content (AvgIpc) is 3.43. The second-order valence-corrected chi connectivity index (χ2v) is 7.10. The molecule has 0 fully saturated rings. The van der Waals surface area contributed by atoms with Crippen molar-refractivity contribution in [3.8, 4) is 5.69 Å². The second-order valence-electron chi connectivity index (χ2n) is 7.10. The third kappa shape index (κ3) is 3.28. The fourth-order valence-electron chi connectivity index (χ4n) is 3.54. The van der Waals surface area contributed by atoms with Gasteiger partial charge in [0.25, 0.3) is 5.91 Å². The maximum Gasteiger partial charge on any atom is 0.295 e. The Hall–Kier alpha value is -4.07. The van der Waals surface area contributed by atoms with Crippen LogP contribution in [0, 0.1) is 0 Å². The predicted octanol–water partition coefficient (Wildman–Crippen LogP) is 2.76. The molecular weight excluding hydrogens is 378 g/mol. The topological polar surface area (TPSA) is 88.3 Å². The van der Waals surface area contributed by atoms with E-state index in [1.54, 1.807) is 0 Å². The standard InChI is InChI=1S/C22H19N7O/c1-28-13-12-23-20(28)16-6-9-18(10-7-16)24-22(30)21-25-26-27-29(21)19-11-8-15-4-2-3-5-17(15)14-19/h2-11,14H,12-13H2,1H3,(H,24,30). The monoisotopic (exact) mass is 397 g/mol. The maximum atomic E-state index is 12.8. The van der Waals surface area contributed by atoms with E-state index in [-0.39, 0.29) is 11.7 Å². The van der Waals surface area contributed by atoms with Crippen LogP contribution in [0.1, 0.15) is 16.2 Å². The van der Waals surface area contributed by atoms with Gasteiger partial charge in [-0.15, -0.1) is 5.10 Å². The molecule has 0 radical (unpaired) electrons. The number of anilines is 1. The van der Waals surface area contributed by atoms with Crippen LogP contribution in [0.2, 0.25) is 0 Å². The minimum Gasteiger partial charge on any atom is -0.358 e. The van der Waals surface area contributed by atoms with Crippen molar-refractivity contribution in [3.63, 3.8) is 0 Å². The Morgan fingerprint density at radius 3 is 2.57 bits per heavy atom. The molecule has 5 rings (SSSR count). The maximum absolute atomic E-state index is 12.8. The first-order valence-corrected chi connectivity index (χ1v) is 9.64. The number of carbonyl (C=O) groups is 1. The molecule has 1 amide bonds. The Balaban J connectivity index is 1.38. The lowest BCUT2D eigenvalue weighted by atomic mass is 10.1. The molecule has 148 valence electrons. The lowest BCUT2D eigenvalue weighted by Crippen LogP contribution is -2.23. The van der Waals surface area contributed by atoms with E-state index in [0.717, 1.165) is 40.9 Å². The Bertz CT molecular complexity index is 1260. The van der Waals surface area contributed by atoms with Crippen molar-refractivity contribution in [3.05, 3.63) is 78.1 Å². The van der Waals surface area contributed by atoms with Crippen LogP contribution in [0.5, 0.6) is 0 Å². The van der Waals surface area contributed by atoms with Crippen LogP contribution in [-0.4, -0.2) is 57.0 Å². The van der Waals surface area contributed by atoms with Gasteiger partial charge < -0.3 is 10.2 Å². The molecular formula is C22H19N7O. The summed E-state index contributed by atoms with van der Waals surface area (Å²) in [4.78, 5) is 19.4. The van der Waals surface area contributed by atoms with Gasteiger partial charge in [-0.2, -0.15) is 4.68 Å². The number of amides is 1. The van der Waals surface area contributed by atoms with Crippen LogP contribution >= 0.6 is 0 Å². The smallest absolute Gasteiger partial charge is 0.295 e. The number of rotatable bonds is 4. The van der Waals surface area contributed by atoms with E-state index in [9.17, 15) is 4.79 Å². The SMILES string of the molecule is CN1CCN=C1c1ccc(NC(=O)c2nnnn2-c2ccc3ccccc3c2)cc1. The molecule has 30 heavy (non-hydrogen) atoms. The van der Waals surface area contributed by atoms with Crippen molar-refractivity contribution in [2.45, 2.75) is 0 Å². The zero-order chi connectivity index (χ0) is 20.5. The molecule has 1 aromatic heterocycles. The highest BCUT2D eigenvalue weighted by Crippen LogP contribution is 2.19. The van der Waals surface area contributed by atoms with E-state index < -0.39 is 0 Å². The summed E-state index contributed by atoms with van der Waals surface area (Å²) in [6.07, 6.45) is 0. The molecule has 8 heteroatoms.